The summed E-state index contributed by atoms with van der Waals surface area (Å²) in [6, 6.07) is 1.96. The summed E-state index contributed by atoms with van der Waals surface area (Å²) < 4.78 is 5.15. The Morgan fingerprint density at radius 2 is 2.44 bits per heavy atom. The van der Waals surface area contributed by atoms with Crippen LogP contribution >= 0.6 is 23.1 Å². The lowest BCUT2D eigenvalue weighted by Crippen LogP contribution is -1.89. The van der Waals surface area contributed by atoms with Gasteiger partial charge in [0.25, 0.3) is 5.89 Å². The maximum atomic E-state index is 8.63. The largest absolute Gasteiger partial charge is 0.396 e. The van der Waals surface area contributed by atoms with Gasteiger partial charge in [-0.3, -0.25) is 0 Å². The zero-order chi connectivity index (χ0) is 11.2. The topological polar surface area (TPSA) is 59.2 Å². The molecule has 0 fully saturated rings. The molecule has 0 atom stereocenters. The predicted molar refractivity (Wildman–Crippen MR) is 65.5 cm³/mol. The average Bonchev–Trinajstić information content (AvgIpc) is 2.94. The van der Waals surface area contributed by atoms with Crippen molar-refractivity contribution < 1.29 is 9.63 Å². The minimum absolute atomic E-state index is 0.236. The first kappa shape index (κ1) is 11.6. The van der Waals surface area contributed by atoms with Gasteiger partial charge in [0.1, 0.15) is 0 Å². The van der Waals surface area contributed by atoms with E-state index >= 15 is 0 Å². The second-order valence-corrected chi connectivity index (χ2v) is 5.04. The van der Waals surface area contributed by atoms with E-state index in [9.17, 15) is 0 Å². The number of aliphatic hydroxyl groups is 1. The van der Waals surface area contributed by atoms with Crippen LogP contribution in [0.4, 0.5) is 0 Å². The molecule has 0 bridgehead atoms. The lowest BCUT2D eigenvalue weighted by atomic mass is 10.3. The molecule has 0 aliphatic carbocycles. The highest BCUT2D eigenvalue weighted by molar-refractivity contribution is 7.98. The summed E-state index contributed by atoms with van der Waals surface area (Å²) in [4.78, 5) is 4.30. The van der Waals surface area contributed by atoms with Gasteiger partial charge in [-0.15, -0.1) is 0 Å². The number of hydrogen-bond donors (Lipinski definition) is 1. The monoisotopic (exact) mass is 256 g/mol. The molecule has 0 radical (unpaired) electrons. The van der Waals surface area contributed by atoms with E-state index < -0.39 is 0 Å². The fraction of sp³-hybridized carbons (Fsp3) is 0.400. The molecule has 0 aromatic carbocycles. The van der Waals surface area contributed by atoms with Crippen LogP contribution < -0.4 is 0 Å². The average molecular weight is 256 g/mol. The second-order valence-electron chi connectivity index (χ2n) is 3.16. The van der Waals surface area contributed by atoms with Crippen LogP contribution in [0.3, 0.4) is 0 Å². The van der Waals surface area contributed by atoms with Crippen molar-refractivity contribution in [3.8, 4) is 11.5 Å². The Bertz CT molecular complexity index is 414. The Hall–Kier alpha value is -0.850. The molecule has 1 N–H and O–H groups in total. The van der Waals surface area contributed by atoms with E-state index in [-0.39, 0.29) is 6.61 Å². The summed E-state index contributed by atoms with van der Waals surface area (Å²) in [5, 5.41) is 16.5. The van der Waals surface area contributed by atoms with Gasteiger partial charge in [0.05, 0.1) is 11.3 Å². The van der Waals surface area contributed by atoms with Crippen molar-refractivity contribution in [3.05, 3.63) is 22.7 Å². The Kier molecular flexibility index (Phi) is 4.38. The van der Waals surface area contributed by atoms with E-state index in [0.29, 0.717) is 11.7 Å². The zero-order valence-electron chi connectivity index (χ0n) is 8.63. The number of nitrogens with zero attached hydrogens (tertiary/aromatic N) is 2. The van der Waals surface area contributed by atoms with Crippen LogP contribution in [0.2, 0.25) is 0 Å². The van der Waals surface area contributed by atoms with Crippen LogP contribution in [-0.4, -0.2) is 27.6 Å². The van der Waals surface area contributed by atoms with Gasteiger partial charge in [-0.25, -0.2) is 0 Å². The first-order valence-electron chi connectivity index (χ1n) is 4.94. The highest BCUT2D eigenvalue weighted by Crippen LogP contribution is 2.21. The molecule has 0 saturated heterocycles. The van der Waals surface area contributed by atoms with Crippen LogP contribution in [0.1, 0.15) is 12.2 Å². The predicted octanol–water partition coefficient (Wildman–Crippen LogP) is 2.41. The summed E-state index contributed by atoms with van der Waals surface area (Å²) in [7, 11) is 0. The Morgan fingerprint density at radius 3 is 3.19 bits per heavy atom. The van der Waals surface area contributed by atoms with Crippen LogP contribution in [0, 0.1) is 0 Å². The number of hydrogen-bond acceptors (Lipinski definition) is 6. The molecule has 86 valence electrons. The van der Waals surface area contributed by atoms with Crippen molar-refractivity contribution in [2.45, 2.75) is 12.2 Å². The summed E-state index contributed by atoms with van der Waals surface area (Å²) in [6.07, 6.45) is 0.805. The zero-order valence-corrected chi connectivity index (χ0v) is 10.3. The summed E-state index contributed by atoms with van der Waals surface area (Å²) >= 11 is 3.31. The van der Waals surface area contributed by atoms with Crippen molar-refractivity contribution >= 4 is 23.1 Å². The molecule has 6 heteroatoms. The molecule has 0 saturated carbocycles. The molecule has 16 heavy (non-hydrogen) atoms. The second kappa shape index (κ2) is 6.03. The summed E-state index contributed by atoms with van der Waals surface area (Å²) in [5.74, 6) is 2.94. The molecule has 2 heterocycles. The SMILES string of the molecule is OCCCSCc1noc(-c2ccsc2)n1. The van der Waals surface area contributed by atoms with Gasteiger partial charge in [-0.05, 0) is 23.6 Å². The maximum absolute atomic E-state index is 8.63. The number of thiophene rings is 1. The van der Waals surface area contributed by atoms with Gasteiger partial charge < -0.3 is 9.63 Å². The van der Waals surface area contributed by atoms with Gasteiger partial charge in [-0.2, -0.15) is 28.1 Å². The van der Waals surface area contributed by atoms with Gasteiger partial charge in [0, 0.05) is 12.0 Å². The first-order valence-corrected chi connectivity index (χ1v) is 7.03. The van der Waals surface area contributed by atoms with Gasteiger partial charge in [0.15, 0.2) is 5.82 Å². The smallest absolute Gasteiger partial charge is 0.258 e. The van der Waals surface area contributed by atoms with E-state index in [1.165, 1.54) is 0 Å². The molecule has 0 aliphatic heterocycles. The van der Waals surface area contributed by atoms with Gasteiger partial charge >= 0.3 is 0 Å². The van der Waals surface area contributed by atoms with Crippen molar-refractivity contribution in [1.29, 1.82) is 0 Å². The van der Waals surface area contributed by atoms with E-state index in [2.05, 4.69) is 10.1 Å². The first-order chi connectivity index (χ1) is 7.90. The maximum Gasteiger partial charge on any atom is 0.258 e. The molecule has 0 spiro atoms. The molecular weight excluding hydrogens is 244 g/mol. The highest BCUT2D eigenvalue weighted by atomic mass is 32.2. The number of aliphatic hydroxyl groups excluding tert-OH is 1. The van der Waals surface area contributed by atoms with Crippen molar-refractivity contribution in [2.75, 3.05) is 12.4 Å². The third-order valence-electron chi connectivity index (χ3n) is 1.91. The van der Waals surface area contributed by atoms with Crippen molar-refractivity contribution in [3.63, 3.8) is 0 Å². The Morgan fingerprint density at radius 1 is 1.50 bits per heavy atom. The van der Waals surface area contributed by atoms with Crippen LogP contribution in [0.5, 0.6) is 0 Å². The van der Waals surface area contributed by atoms with Crippen molar-refractivity contribution in [2.24, 2.45) is 0 Å². The normalized spacial score (nSPS) is 10.8. The molecule has 0 unspecified atom stereocenters. The van der Waals surface area contributed by atoms with E-state index in [4.69, 9.17) is 9.63 Å². The highest BCUT2D eigenvalue weighted by Gasteiger charge is 2.08. The van der Waals surface area contributed by atoms with E-state index in [1.807, 2.05) is 16.8 Å². The molecular formula is C10H12N2O2S2. The fourth-order valence-electron chi connectivity index (χ4n) is 1.15. The van der Waals surface area contributed by atoms with Crippen LogP contribution in [0.25, 0.3) is 11.5 Å². The minimum atomic E-state index is 0.236. The minimum Gasteiger partial charge on any atom is -0.396 e. The molecule has 2 aromatic rings. The van der Waals surface area contributed by atoms with E-state index in [1.54, 1.807) is 23.1 Å². The number of thioether (sulfide) groups is 1. The molecule has 0 aliphatic rings. The lowest BCUT2D eigenvalue weighted by molar-refractivity contribution is 0.296. The lowest BCUT2D eigenvalue weighted by Gasteiger charge is -1.93. The van der Waals surface area contributed by atoms with Crippen LogP contribution in [-0.2, 0) is 5.75 Å². The van der Waals surface area contributed by atoms with Gasteiger partial charge in [-0.1, -0.05) is 5.16 Å². The standard InChI is InChI=1S/C10H12N2O2S2/c13-3-1-4-15-7-9-11-10(14-12-9)8-2-5-16-6-8/h2,5-6,13H,1,3-4,7H2. The number of aromatic nitrogens is 2. The number of rotatable bonds is 6. The fourth-order valence-corrected chi connectivity index (χ4v) is 2.55. The van der Waals surface area contributed by atoms with Gasteiger partial charge in [0.2, 0.25) is 0 Å². The van der Waals surface area contributed by atoms with E-state index in [0.717, 1.165) is 23.5 Å². The van der Waals surface area contributed by atoms with Crippen LogP contribution in [0.15, 0.2) is 21.3 Å². The van der Waals surface area contributed by atoms with Crippen molar-refractivity contribution in [1.82, 2.24) is 10.1 Å². The summed E-state index contributed by atoms with van der Waals surface area (Å²) in [6.45, 7) is 0.236. The quantitative estimate of drug-likeness (QED) is 0.804. The third-order valence-corrected chi connectivity index (χ3v) is 3.64. The Balaban J connectivity index is 1.88. The summed E-state index contributed by atoms with van der Waals surface area (Å²) in [5.41, 5.74) is 0.976. The molecule has 0 amide bonds. The molecule has 4 nitrogen and oxygen atoms in total. The molecule has 2 aromatic heterocycles. The molecule has 2 rings (SSSR count). The third kappa shape index (κ3) is 3.07. The Labute approximate surface area is 102 Å².